The fourth-order valence-corrected chi connectivity index (χ4v) is 3.98. The van der Waals surface area contributed by atoms with Crippen molar-refractivity contribution in [3.05, 3.63) is 88.5 Å². The molecule has 1 amide bonds. The van der Waals surface area contributed by atoms with Gasteiger partial charge in [-0.1, -0.05) is 24.3 Å². The summed E-state index contributed by atoms with van der Waals surface area (Å²) in [5.74, 6) is 0.246. The number of furan rings is 1. The second kappa shape index (κ2) is 10.2. The highest BCUT2D eigenvalue weighted by Gasteiger charge is 2.34. The number of hydrogen-bond acceptors (Lipinski definition) is 7. The lowest BCUT2D eigenvalue weighted by Crippen LogP contribution is -2.28. The third kappa shape index (κ3) is 5.32. The average Bonchev–Trinajstić information content (AvgIpc) is 3.42. The maximum Gasteiger partial charge on any atom is 0.267 e. The van der Waals surface area contributed by atoms with Crippen LogP contribution in [0, 0.1) is 5.82 Å². The third-order valence-electron chi connectivity index (χ3n) is 4.61. The molecule has 3 aromatic rings. The second-order valence-corrected chi connectivity index (χ2v) is 7.90. The van der Waals surface area contributed by atoms with Crippen molar-refractivity contribution in [3.63, 3.8) is 0 Å². The Balaban J connectivity index is 1.64. The molecule has 1 saturated heterocycles. The van der Waals surface area contributed by atoms with Crippen LogP contribution < -0.4 is 4.74 Å². The average molecular weight is 466 g/mol. The van der Waals surface area contributed by atoms with Crippen molar-refractivity contribution in [1.29, 1.82) is 0 Å². The molecule has 9 heteroatoms. The van der Waals surface area contributed by atoms with Gasteiger partial charge in [0.1, 0.15) is 11.6 Å². The van der Waals surface area contributed by atoms with E-state index in [9.17, 15) is 14.3 Å². The molecule has 168 valence electrons. The zero-order valence-corrected chi connectivity index (χ0v) is 18.5. The number of benzene rings is 2. The van der Waals surface area contributed by atoms with E-state index in [1.54, 1.807) is 48.5 Å². The van der Waals surface area contributed by atoms with Crippen molar-refractivity contribution < 1.29 is 23.4 Å². The largest absolute Gasteiger partial charge is 0.504 e. The number of amides is 1. The zero-order chi connectivity index (χ0) is 23.2. The summed E-state index contributed by atoms with van der Waals surface area (Å²) in [6.45, 7) is 2.39. The number of hydrogen-bond donors (Lipinski definition) is 1. The minimum absolute atomic E-state index is 0.0218. The van der Waals surface area contributed by atoms with Crippen LogP contribution >= 0.6 is 11.8 Å². The fraction of sp³-hybridized carbons (Fsp3) is 0.125. The highest BCUT2D eigenvalue weighted by molar-refractivity contribution is 8.18. The molecular weight excluding hydrogens is 445 g/mol. The molecule has 0 radical (unpaired) electrons. The van der Waals surface area contributed by atoms with Gasteiger partial charge in [-0.25, -0.2) is 4.39 Å². The Morgan fingerprint density at radius 2 is 2.06 bits per heavy atom. The first kappa shape index (κ1) is 22.3. The number of thioether (sulfide) groups is 1. The summed E-state index contributed by atoms with van der Waals surface area (Å²) in [5.41, 5.74) is 0.971. The SMILES string of the molecule is CCOc1cc(/C=C2\S/C(=N\N=C\c3ccccc3F)N(Cc3ccco3)C2=O)ccc1O. The normalized spacial score (nSPS) is 16.4. The Kier molecular flexibility index (Phi) is 6.89. The molecule has 33 heavy (non-hydrogen) atoms. The van der Waals surface area contributed by atoms with Crippen LogP contribution in [0.1, 0.15) is 23.8 Å². The van der Waals surface area contributed by atoms with E-state index in [4.69, 9.17) is 9.15 Å². The van der Waals surface area contributed by atoms with Gasteiger partial charge in [-0.2, -0.15) is 5.10 Å². The van der Waals surface area contributed by atoms with Crippen LogP contribution in [0.5, 0.6) is 11.5 Å². The van der Waals surface area contributed by atoms with E-state index in [0.29, 0.717) is 33.8 Å². The molecule has 2 aromatic carbocycles. The van der Waals surface area contributed by atoms with Gasteiger partial charge < -0.3 is 14.3 Å². The van der Waals surface area contributed by atoms with E-state index in [2.05, 4.69) is 10.2 Å². The van der Waals surface area contributed by atoms with Gasteiger partial charge >= 0.3 is 0 Å². The Labute approximate surface area is 193 Å². The predicted octanol–water partition coefficient (Wildman–Crippen LogP) is 5.03. The lowest BCUT2D eigenvalue weighted by atomic mass is 10.2. The summed E-state index contributed by atoms with van der Waals surface area (Å²) in [7, 11) is 0. The number of rotatable bonds is 7. The third-order valence-corrected chi connectivity index (χ3v) is 5.61. The fourth-order valence-electron chi connectivity index (χ4n) is 3.04. The van der Waals surface area contributed by atoms with Crippen LogP contribution in [0.2, 0.25) is 0 Å². The van der Waals surface area contributed by atoms with Gasteiger partial charge in [-0.3, -0.25) is 9.69 Å². The quantitative estimate of drug-likeness (QED) is 0.300. The van der Waals surface area contributed by atoms with Crippen molar-refractivity contribution in [2.24, 2.45) is 10.2 Å². The molecule has 0 atom stereocenters. The van der Waals surface area contributed by atoms with E-state index in [1.807, 2.05) is 6.92 Å². The van der Waals surface area contributed by atoms with Gasteiger partial charge in [0.15, 0.2) is 16.7 Å². The predicted molar refractivity (Wildman–Crippen MR) is 126 cm³/mol. The maximum absolute atomic E-state index is 13.8. The van der Waals surface area contributed by atoms with Crippen LogP contribution in [-0.4, -0.2) is 33.9 Å². The molecule has 0 spiro atoms. The highest BCUT2D eigenvalue weighted by Crippen LogP contribution is 2.35. The first-order chi connectivity index (χ1) is 16.0. The van der Waals surface area contributed by atoms with Gasteiger partial charge in [-0.05, 0) is 60.7 Å². The van der Waals surface area contributed by atoms with E-state index in [0.717, 1.165) is 11.8 Å². The Morgan fingerprint density at radius 3 is 2.82 bits per heavy atom. The molecule has 1 aliphatic heterocycles. The molecule has 0 bridgehead atoms. The first-order valence-corrected chi connectivity index (χ1v) is 10.9. The topological polar surface area (TPSA) is 87.6 Å². The van der Waals surface area contributed by atoms with Crippen LogP contribution in [0.4, 0.5) is 4.39 Å². The molecule has 7 nitrogen and oxygen atoms in total. The zero-order valence-electron chi connectivity index (χ0n) is 17.6. The summed E-state index contributed by atoms with van der Waals surface area (Å²) in [6.07, 6.45) is 4.51. The van der Waals surface area contributed by atoms with Crippen LogP contribution in [-0.2, 0) is 11.3 Å². The molecule has 0 aliphatic carbocycles. The summed E-state index contributed by atoms with van der Waals surface area (Å²) < 4.78 is 24.6. The van der Waals surface area contributed by atoms with E-state index in [1.165, 1.54) is 29.5 Å². The number of phenolic OH excluding ortho intramolecular Hbond substituents is 1. The number of phenols is 1. The van der Waals surface area contributed by atoms with Crippen LogP contribution in [0.3, 0.4) is 0 Å². The molecule has 2 heterocycles. The number of halogens is 1. The van der Waals surface area contributed by atoms with E-state index in [-0.39, 0.29) is 23.8 Å². The minimum Gasteiger partial charge on any atom is -0.504 e. The summed E-state index contributed by atoms with van der Waals surface area (Å²) >= 11 is 1.14. The number of amidine groups is 1. The van der Waals surface area contributed by atoms with Gasteiger partial charge in [0.25, 0.3) is 5.91 Å². The molecule has 1 fully saturated rings. The molecule has 1 N–H and O–H groups in total. The van der Waals surface area contributed by atoms with Gasteiger partial charge in [0.2, 0.25) is 0 Å². The number of carbonyl (C=O) groups excluding carboxylic acids is 1. The first-order valence-electron chi connectivity index (χ1n) is 10.1. The Hall–Kier alpha value is -3.85. The van der Waals surface area contributed by atoms with Crippen molar-refractivity contribution in [2.45, 2.75) is 13.5 Å². The minimum atomic E-state index is -0.415. The monoisotopic (exact) mass is 465 g/mol. The van der Waals surface area contributed by atoms with Gasteiger partial charge in [-0.15, -0.1) is 5.10 Å². The number of nitrogens with zero attached hydrogens (tertiary/aromatic N) is 3. The van der Waals surface area contributed by atoms with Crippen LogP contribution in [0.15, 0.2) is 80.4 Å². The second-order valence-electron chi connectivity index (χ2n) is 6.89. The molecule has 0 unspecified atom stereocenters. The van der Waals surface area contributed by atoms with Crippen molar-refractivity contribution in [3.8, 4) is 11.5 Å². The molecular formula is C24H20FN3O4S. The molecule has 0 saturated carbocycles. The Bertz CT molecular complexity index is 1240. The van der Waals surface area contributed by atoms with Crippen molar-refractivity contribution in [1.82, 2.24) is 4.90 Å². The highest BCUT2D eigenvalue weighted by atomic mass is 32.2. The van der Waals surface area contributed by atoms with E-state index < -0.39 is 5.82 Å². The Morgan fingerprint density at radius 1 is 1.21 bits per heavy atom. The van der Waals surface area contributed by atoms with Gasteiger partial charge in [0.05, 0.1) is 30.5 Å². The number of ether oxygens (including phenoxy) is 1. The van der Waals surface area contributed by atoms with E-state index >= 15 is 0 Å². The smallest absolute Gasteiger partial charge is 0.267 e. The standard InChI is InChI=1S/C24H20FN3O4S/c1-2-31-21-12-16(9-10-20(21)29)13-22-23(30)28(15-18-7-5-11-32-18)24(33-22)27-26-14-17-6-3-4-8-19(17)25/h3-14,29H,2,15H2,1H3/b22-13-,26-14+,27-24-. The van der Waals surface area contributed by atoms with Crippen molar-refractivity contribution >= 4 is 35.1 Å². The molecule has 4 rings (SSSR count). The summed E-state index contributed by atoms with van der Waals surface area (Å²) in [5, 5.41) is 18.4. The summed E-state index contributed by atoms with van der Waals surface area (Å²) in [6, 6.07) is 14.5. The lowest BCUT2D eigenvalue weighted by Gasteiger charge is -2.12. The lowest BCUT2D eigenvalue weighted by molar-refractivity contribution is -0.122. The molecule has 1 aliphatic rings. The summed E-state index contributed by atoms with van der Waals surface area (Å²) in [4.78, 5) is 15.0. The molecule has 1 aromatic heterocycles. The maximum atomic E-state index is 13.8. The van der Waals surface area contributed by atoms with Gasteiger partial charge in [0, 0.05) is 5.56 Å². The van der Waals surface area contributed by atoms with Crippen LogP contribution in [0.25, 0.3) is 6.08 Å². The number of aromatic hydroxyl groups is 1. The number of carbonyl (C=O) groups is 1. The van der Waals surface area contributed by atoms with Crippen molar-refractivity contribution in [2.75, 3.05) is 6.61 Å².